The fourth-order valence-corrected chi connectivity index (χ4v) is 4.20. The maximum Gasteiger partial charge on any atom is 0.270 e. The molecule has 1 N–H and O–H groups in total. The number of fused-ring (bicyclic) bond motifs is 3. The largest absolute Gasteiger partial charge is 0.496 e. The number of benzene rings is 2. The first-order chi connectivity index (χ1) is 12.1. The average molecular weight is 336 g/mol. The van der Waals surface area contributed by atoms with Crippen LogP contribution >= 0.6 is 0 Å². The molecule has 0 amide bonds. The van der Waals surface area contributed by atoms with Gasteiger partial charge in [-0.3, -0.25) is 10.1 Å². The molecule has 4 rings (SSSR count). The van der Waals surface area contributed by atoms with Crippen LogP contribution in [0.2, 0.25) is 0 Å². The van der Waals surface area contributed by atoms with Crippen molar-refractivity contribution in [2.45, 2.75) is 25.3 Å². The minimum absolute atomic E-state index is 0.115. The molecule has 0 saturated carbocycles. The second kappa shape index (κ2) is 5.92. The molecule has 0 bridgehead atoms. The Morgan fingerprint density at radius 2 is 2.04 bits per heavy atom. The third kappa shape index (κ3) is 2.47. The molecular weight excluding hydrogens is 316 g/mol. The van der Waals surface area contributed by atoms with E-state index in [0.717, 1.165) is 34.5 Å². The highest BCUT2D eigenvalue weighted by Crippen LogP contribution is 2.52. The fourth-order valence-electron chi connectivity index (χ4n) is 4.20. The Morgan fingerprint density at radius 3 is 2.80 bits per heavy atom. The molecule has 2 aromatic carbocycles. The summed E-state index contributed by atoms with van der Waals surface area (Å²) in [4.78, 5) is 10.9. The van der Waals surface area contributed by atoms with Crippen LogP contribution in [-0.2, 0) is 0 Å². The van der Waals surface area contributed by atoms with E-state index in [1.165, 1.54) is 0 Å². The maximum absolute atomic E-state index is 11.3. The van der Waals surface area contributed by atoms with Crippen molar-refractivity contribution in [1.82, 2.24) is 0 Å². The van der Waals surface area contributed by atoms with Crippen molar-refractivity contribution in [3.05, 3.63) is 75.4 Å². The number of non-ortho nitro benzene ring substituents is 1. The number of nitro benzene ring substituents is 1. The predicted molar refractivity (Wildman–Crippen MR) is 97.2 cm³/mol. The lowest BCUT2D eigenvalue weighted by atomic mass is 9.76. The van der Waals surface area contributed by atoms with Crippen molar-refractivity contribution in [2.24, 2.45) is 5.92 Å². The van der Waals surface area contributed by atoms with Gasteiger partial charge >= 0.3 is 0 Å². The van der Waals surface area contributed by atoms with Crippen LogP contribution in [0.15, 0.2) is 48.6 Å². The van der Waals surface area contributed by atoms with Gasteiger partial charge in [-0.25, -0.2) is 0 Å². The van der Waals surface area contributed by atoms with Crippen LogP contribution in [0, 0.1) is 23.0 Å². The topological polar surface area (TPSA) is 64.4 Å². The summed E-state index contributed by atoms with van der Waals surface area (Å²) in [5.41, 5.74) is 4.23. The molecule has 5 nitrogen and oxygen atoms in total. The summed E-state index contributed by atoms with van der Waals surface area (Å²) >= 11 is 0. The first-order valence-corrected chi connectivity index (χ1v) is 8.45. The van der Waals surface area contributed by atoms with Crippen LogP contribution in [0.1, 0.15) is 35.1 Å². The van der Waals surface area contributed by atoms with Crippen LogP contribution in [-0.4, -0.2) is 12.0 Å². The molecule has 128 valence electrons. The zero-order valence-electron chi connectivity index (χ0n) is 14.2. The van der Waals surface area contributed by atoms with Crippen molar-refractivity contribution in [3.63, 3.8) is 0 Å². The number of hydrogen-bond donors (Lipinski definition) is 1. The lowest BCUT2D eigenvalue weighted by Crippen LogP contribution is -2.30. The number of nitrogens with one attached hydrogen (secondary N) is 1. The van der Waals surface area contributed by atoms with Gasteiger partial charge in [0.15, 0.2) is 0 Å². The van der Waals surface area contributed by atoms with Gasteiger partial charge < -0.3 is 10.1 Å². The van der Waals surface area contributed by atoms with E-state index in [1.807, 2.05) is 25.1 Å². The number of anilines is 1. The van der Waals surface area contributed by atoms with Crippen molar-refractivity contribution in [1.29, 1.82) is 0 Å². The van der Waals surface area contributed by atoms with E-state index >= 15 is 0 Å². The molecule has 1 heterocycles. The normalized spacial score (nSPS) is 23.5. The first-order valence-electron chi connectivity index (χ1n) is 8.45. The molecule has 1 aliphatic heterocycles. The van der Waals surface area contributed by atoms with E-state index < -0.39 is 0 Å². The van der Waals surface area contributed by atoms with Crippen LogP contribution in [0.25, 0.3) is 0 Å². The van der Waals surface area contributed by atoms with Crippen LogP contribution in [0.5, 0.6) is 5.75 Å². The highest BCUT2D eigenvalue weighted by molar-refractivity contribution is 5.67. The smallest absolute Gasteiger partial charge is 0.270 e. The van der Waals surface area contributed by atoms with Gasteiger partial charge in [0.2, 0.25) is 0 Å². The second-order valence-electron chi connectivity index (χ2n) is 6.70. The standard InChI is InChI=1S/C20H20N2O3/c1-12-10-13(22(23)24)11-17-14-7-5-8-15(14)20(21-19(12)17)16-6-3-4-9-18(16)25-2/h3-7,9-11,14-15,20-21H,8H2,1-2H3/t14-,15+,20-/m1/s1. The quantitative estimate of drug-likeness (QED) is 0.499. The van der Waals surface area contributed by atoms with Crippen molar-refractivity contribution in [3.8, 4) is 5.75 Å². The minimum Gasteiger partial charge on any atom is -0.496 e. The number of aryl methyl sites for hydroxylation is 1. The molecule has 2 aliphatic rings. The van der Waals surface area contributed by atoms with Gasteiger partial charge in [-0.2, -0.15) is 0 Å². The highest BCUT2D eigenvalue weighted by atomic mass is 16.6. The van der Waals surface area contributed by atoms with Crippen molar-refractivity contribution in [2.75, 3.05) is 12.4 Å². The number of ether oxygens (including phenoxy) is 1. The van der Waals surface area contributed by atoms with E-state index in [2.05, 4.69) is 23.5 Å². The molecule has 1 aliphatic carbocycles. The lowest BCUT2D eigenvalue weighted by molar-refractivity contribution is -0.385. The Balaban J connectivity index is 1.84. The van der Waals surface area contributed by atoms with Gasteiger partial charge in [-0.1, -0.05) is 30.4 Å². The average Bonchev–Trinajstić information content (AvgIpc) is 3.11. The van der Waals surface area contributed by atoms with Crippen molar-refractivity contribution >= 4 is 11.4 Å². The number of rotatable bonds is 3. The molecule has 25 heavy (non-hydrogen) atoms. The highest BCUT2D eigenvalue weighted by Gasteiger charge is 2.40. The number of nitrogens with zero attached hydrogens (tertiary/aromatic N) is 1. The molecule has 0 spiro atoms. The first kappa shape index (κ1) is 15.7. The zero-order chi connectivity index (χ0) is 17.6. The predicted octanol–water partition coefficient (Wildman–Crippen LogP) is 4.74. The summed E-state index contributed by atoms with van der Waals surface area (Å²) in [5.74, 6) is 1.38. The lowest BCUT2D eigenvalue weighted by Gasteiger charge is -2.38. The van der Waals surface area contributed by atoms with Gasteiger partial charge in [0.25, 0.3) is 5.69 Å². The summed E-state index contributed by atoms with van der Waals surface area (Å²) in [6, 6.07) is 11.5. The zero-order valence-corrected chi connectivity index (χ0v) is 14.2. The van der Waals surface area contributed by atoms with Gasteiger partial charge in [0, 0.05) is 29.3 Å². The fraction of sp³-hybridized carbons (Fsp3) is 0.300. The Labute approximate surface area is 146 Å². The number of hydrogen-bond acceptors (Lipinski definition) is 4. The SMILES string of the molecule is COc1ccccc1[C@@H]1Nc2c(C)cc([N+](=O)[O-])cc2[C@@H]2C=CC[C@@H]21. The molecule has 0 radical (unpaired) electrons. The van der Waals surface area contributed by atoms with Gasteiger partial charge in [0.1, 0.15) is 5.75 Å². The van der Waals surface area contributed by atoms with Gasteiger partial charge in [0.05, 0.1) is 18.1 Å². The van der Waals surface area contributed by atoms with E-state index in [4.69, 9.17) is 4.74 Å². The molecule has 0 aromatic heterocycles. The number of para-hydroxylation sites is 1. The molecule has 3 atom stereocenters. The maximum atomic E-state index is 11.3. The third-order valence-corrected chi connectivity index (χ3v) is 5.34. The molecule has 5 heteroatoms. The van der Waals surface area contributed by atoms with Crippen LogP contribution < -0.4 is 10.1 Å². The van der Waals surface area contributed by atoms with E-state index in [0.29, 0.717) is 5.92 Å². The number of nitro groups is 1. The summed E-state index contributed by atoms with van der Waals surface area (Å²) in [6.07, 6.45) is 5.32. The molecule has 0 saturated heterocycles. The Hall–Kier alpha value is -2.82. The molecular formula is C20H20N2O3. The van der Waals surface area contributed by atoms with Gasteiger partial charge in [-0.05, 0) is 36.5 Å². The Kier molecular flexibility index (Phi) is 3.71. The van der Waals surface area contributed by atoms with Gasteiger partial charge in [-0.15, -0.1) is 0 Å². The third-order valence-electron chi connectivity index (χ3n) is 5.34. The van der Waals surface area contributed by atoms with E-state index in [1.54, 1.807) is 19.2 Å². The summed E-state index contributed by atoms with van der Waals surface area (Å²) in [6.45, 7) is 1.93. The van der Waals surface area contributed by atoms with Crippen LogP contribution in [0.4, 0.5) is 11.4 Å². The molecule has 0 fully saturated rings. The summed E-state index contributed by atoms with van der Waals surface area (Å²) < 4.78 is 5.57. The minimum atomic E-state index is -0.312. The van der Waals surface area contributed by atoms with Crippen LogP contribution in [0.3, 0.4) is 0 Å². The number of allylic oxidation sites excluding steroid dienone is 2. The summed E-state index contributed by atoms with van der Waals surface area (Å²) in [5, 5.41) is 14.9. The van der Waals surface area contributed by atoms with Crippen molar-refractivity contribution < 1.29 is 9.66 Å². The van der Waals surface area contributed by atoms with E-state index in [-0.39, 0.29) is 22.6 Å². The molecule has 0 unspecified atom stereocenters. The monoisotopic (exact) mass is 336 g/mol. The number of methoxy groups -OCH3 is 1. The summed E-state index contributed by atoms with van der Waals surface area (Å²) in [7, 11) is 1.69. The van der Waals surface area contributed by atoms with E-state index in [9.17, 15) is 10.1 Å². The molecule has 2 aromatic rings. The Bertz CT molecular complexity index is 875. The second-order valence-corrected chi connectivity index (χ2v) is 6.70. The Morgan fingerprint density at radius 1 is 1.24 bits per heavy atom.